The maximum absolute atomic E-state index is 10.5. The van der Waals surface area contributed by atoms with Crippen LogP contribution in [0.5, 0.6) is 0 Å². The smallest absolute Gasteiger partial charge is 0.309 e. The number of hydrogen-bond acceptors (Lipinski definition) is 3. The zero-order valence-corrected chi connectivity index (χ0v) is 10.3. The SMILES string of the molecule is O=C(O)Cc1cn(-c2ccc(I)cc2)nn1. The first-order valence-corrected chi connectivity index (χ1v) is 5.62. The molecule has 6 heteroatoms. The maximum Gasteiger partial charge on any atom is 0.309 e. The fourth-order valence-corrected chi connectivity index (χ4v) is 1.61. The first kappa shape index (κ1) is 11.1. The Kier molecular flexibility index (Phi) is 3.18. The molecule has 0 unspecified atom stereocenters. The molecule has 0 aliphatic rings. The molecule has 0 atom stereocenters. The minimum atomic E-state index is -0.908. The van der Waals surface area contributed by atoms with Crippen LogP contribution in [-0.4, -0.2) is 26.1 Å². The first-order valence-electron chi connectivity index (χ1n) is 4.54. The number of benzene rings is 1. The fourth-order valence-electron chi connectivity index (χ4n) is 1.25. The lowest BCUT2D eigenvalue weighted by molar-refractivity contribution is -0.136. The number of aliphatic carboxylic acids is 1. The second kappa shape index (κ2) is 4.60. The summed E-state index contributed by atoms with van der Waals surface area (Å²) in [7, 11) is 0. The summed E-state index contributed by atoms with van der Waals surface area (Å²) in [5.74, 6) is -0.908. The molecular weight excluding hydrogens is 321 g/mol. The number of carboxylic acid groups (broad SMARTS) is 1. The van der Waals surface area contributed by atoms with Gasteiger partial charge in [0.25, 0.3) is 0 Å². The Labute approximate surface area is 105 Å². The zero-order chi connectivity index (χ0) is 11.5. The molecule has 82 valence electrons. The van der Waals surface area contributed by atoms with Gasteiger partial charge in [0.05, 0.1) is 24.0 Å². The Morgan fingerprint density at radius 2 is 2.06 bits per heavy atom. The molecule has 1 heterocycles. The van der Waals surface area contributed by atoms with E-state index in [2.05, 4.69) is 32.9 Å². The van der Waals surface area contributed by atoms with Crippen LogP contribution in [0.3, 0.4) is 0 Å². The van der Waals surface area contributed by atoms with Crippen LogP contribution >= 0.6 is 22.6 Å². The molecule has 0 bridgehead atoms. The Bertz CT molecular complexity index is 507. The first-order chi connectivity index (χ1) is 7.65. The monoisotopic (exact) mass is 329 g/mol. The van der Waals surface area contributed by atoms with E-state index in [0.29, 0.717) is 5.69 Å². The topological polar surface area (TPSA) is 68.0 Å². The summed E-state index contributed by atoms with van der Waals surface area (Å²) in [5, 5.41) is 16.3. The van der Waals surface area contributed by atoms with Gasteiger partial charge in [-0.1, -0.05) is 5.21 Å². The average molecular weight is 329 g/mol. The van der Waals surface area contributed by atoms with Gasteiger partial charge in [-0.25, -0.2) is 4.68 Å². The minimum Gasteiger partial charge on any atom is -0.481 e. The van der Waals surface area contributed by atoms with Gasteiger partial charge in [0.15, 0.2) is 0 Å². The summed E-state index contributed by atoms with van der Waals surface area (Å²) < 4.78 is 2.70. The molecule has 1 N–H and O–H groups in total. The third kappa shape index (κ3) is 2.57. The fraction of sp³-hybridized carbons (Fsp3) is 0.100. The predicted octanol–water partition coefficient (Wildman–Crippen LogP) is 1.50. The highest BCUT2D eigenvalue weighted by atomic mass is 127. The van der Waals surface area contributed by atoms with E-state index < -0.39 is 5.97 Å². The Morgan fingerprint density at radius 1 is 1.38 bits per heavy atom. The maximum atomic E-state index is 10.5. The molecule has 0 aliphatic heterocycles. The van der Waals surface area contributed by atoms with Crippen molar-refractivity contribution in [3.63, 3.8) is 0 Å². The van der Waals surface area contributed by atoms with Crippen LogP contribution in [0, 0.1) is 3.57 Å². The molecule has 0 saturated carbocycles. The van der Waals surface area contributed by atoms with Crippen LogP contribution in [0.4, 0.5) is 0 Å². The second-order valence-corrected chi connectivity index (χ2v) is 4.45. The van der Waals surface area contributed by atoms with Crippen LogP contribution < -0.4 is 0 Å². The number of halogens is 1. The summed E-state index contributed by atoms with van der Waals surface area (Å²) in [4.78, 5) is 10.5. The van der Waals surface area contributed by atoms with Crippen LogP contribution in [0.25, 0.3) is 5.69 Å². The number of carboxylic acids is 1. The van der Waals surface area contributed by atoms with Gasteiger partial charge in [-0.3, -0.25) is 4.79 Å². The number of hydrogen-bond donors (Lipinski definition) is 1. The van der Waals surface area contributed by atoms with E-state index in [4.69, 9.17) is 5.11 Å². The van der Waals surface area contributed by atoms with Crippen molar-refractivity contribution in [2.75, 3.05) is 0 Å². The molecule has 5 nitrogen and oxygen atoms in total. The van der Waals surface area contributed by atoms with E-state index >= 15 is 0 Å². The Balaban J connectivity index is 2.24. The summed E-state index contributed by atoms with van der Waals surface area (Å²) in [6.07, 6.45) is 1.51. The molecular formula is C10H8IN3O2. The second-order valence-electron chi connectivity index (χ2n) is 3.20. The van der Waals surface area contributed by atoms with E-state index in [1.807, 2.05) is 24.3 Å². The molecule has 1 aromatic carbocycles. The Hall–Kier alpha value is -1.44. The van der Waals surface area contributed by atoms with Crippen LogP contribution in [-0.2, 0) is 11.2 Å². The van der Waals surface area contributed by atoms with Gasteiger partial charge in [-0.2, -0.15) is 0 Å². The lowest BCUT2D eigenvalue weighted by atomic mass is 10.3. The van der Waals surface area contributed by atoms with E-state index in [1.54, 1.807) is 10.9 Å². The highest BCUT2D eigenvalue weighted by Crippen LogP contribution is 2.10. The van der Waals surface area contributed by atoms with E-state index in [0.717, 1.165) is 9.26 Å². The third-order valence-electron chi connectivity index (χ3n) is 1.96. The van der Waals surface area contributed by atoms with Crippen LogP contribution in [0.2, 0.25) is 0 Å². The Morgan fingerprint density at radius 3 is 2.69 bits per heavy atom. The van der Waals surface area contributed by atoms with Crippen LogP contribution in [0.1, 0.15) is 5.69 Å². The van der Waals surface area contributed by atoms with Gasteiger partial charge in [0.2, 0.25) is 0 Å². The van der Waals surface area contributed by atoms with Crippen molar-refractivity contribution in [1.82, 2.24) is 15.0 Å². The highest BCUT2D eigenvalue weighted by Gasteiger charge is 2.06. The molecule has 0 amide bonds. The summed E-state index contributed by atoms with van der Waals surface area (Å²) in [6.45, 7) is 0. The molecule has 0 radical (unpaired) electrons. The van der Waals surface area contributed by atoms with Gasteiger partial charge in [-0.05, 0) is 46.9 Å². The lowest BCUT2D eigenvalue weighted by Crippen LogP contribution is -1.99. The molecule has 1 aromatic heterocycles. The standard InChI is InChI=1S/C10H8IN3O2/c11-7-1-3-9(4-2-7)14-6-8(12-13-14)5-10(15)16/h1-4,6H,5H2,(H,15,16). The van der Waals surface area contributed by atoms with Gasteiger partial charge >= 0.3 is 5.97 Å². The lowest BCUT2D eigenvalue weighted by Gasteiger charge is -1.98. The predicted molar refractivity (Wildman–Crippen MR) is 65.4 cm³/mol. The molecule has 0 fully saturated rings. The largest absolute Gasteiger partial charge is 0.481 e. The molecule has 16 heavy (non-hydrogen) atoms. The number of nitrogens with zero attached hydrogens (tertiary/aromatic N) is 3. The van der Waals surface area contributed by atoms with Crippen molar-refractivity contribution >= 4 is 28.6 Å². The zero-order valence-electron chi connectivity index (χ0n) is 8.17. The van der Waals surface area contributed by atoms with Gasteiger partial charge in [0.1, 0.15) is 0 Å². The summed E-state index contributed by atoms with van der Waals surface area (Å²) >= 11 is 2.21. The molecule has 0 aliphatic carbocycles. The minimum absolute atomic E-state index is 0.107. The normalized spacial score (nSPS) is 10.3. The third-order valence-corrected chi connectivity index (χ3v) is 2.68. The number of carbonyl (C=O) groups is 1. The van der Waals surface area contributed by atoms with Gasteiger partial charge in [-0.15, -0.1) is 5.10 Å². The van der Waals surface area contributed by atoms with Crippen molar-refractivity contribution in [1.29, 1.82) is 0 Å². The average Bonchev–Trinajstić information content (AvgIpc) is 2.66. The van der Waals surface area contributed by atoms with Gasteiger partial charge in [0, 0.05) is 3.57 Å². The van der Waals surface area contributed by atoms with E-state index in [1.165, 1.54) is 0 Å². The van der Waals surface area contributed by atoms with Crippen molar-refractivity contribution in [3.05, 3.63) is 39.7 Å². The van der Waals surface area contributed by atoms with E-state index in [9.17, 15) is 4.79 Å². The molecule has 2 rings (SSSR count). The van der Waals surface area contributed by atoms with Crippen molar-refractivity contribution in [2.24, 2.45) is 0 Å². The molecule has 2 aromatic rings. The summed E-state index contributed by atoms with van der Waals surface area (Å²) in [6, 6.07) is 7.71. The summed E-state index contributed by atoms with van der Waals surface area (Å²) in [5.41, 5.74) is 1.32. The van der Waals surface area contributed by atoms with Crippen molar-refractivity contribution in [3.8, 4) is 5.69 Å². The highest BCUT2D eigenvalue weighted by molar-refractivity contribution is 14.1. The molecule has 0 saturated heterocycles. The quantitative estimate of drug-likeness (QED) is 0.867. The number of aromatic nitrogens is 3. The van der Waals surface area contributed by atoms with E-state index in [-0.39, 0.29) is 6.42 Å². The van der Waals surface area contributed by atoms with Crippen molar-refractivity contribution < 1.29 is 9.90 Å². The molecule has 0 spiro atoms. The number of rotatable bonds is 3. The van der Waals surface area contributed by atoms with Gasteiger partial charge < -0.3 is 5.11 Å². The van der Waals surface area contributed by atoms with Crippen molar-refractivity contribution in [2.45, 2.75) is 6.42 Å². The van der Waals surface area contributed by atoms with Crippen LogP contribution in [0.15, 0.2) is 30.5 Å².